The van der Waals surface area contributed by atoms with Gasteiger partial charge in [-0.3, -0.25) is 4.74 Å². The second kappa shape index (κ2) is 17.4. The highest BCUT2D eigenvalue weighted by molar-refractivity contribution is 7.03. The lowest BCUT2D eigenvalue weighted by Crippen LogP contribution is -2.66. The quantitative estimate of drug-likeness (QED) is 0.117. The SMILES string of the molecule is C.CN=P.Clc1ncc(Cl)c(C2=CCc3ccccc32)n1.NC12CC3CC(C1)CC(N)(C3)C2.NC12CC3CC(C1)CC(Nc1ncc(Cl)c(C4=CCc5ccccc54)n1)(C3)C2. The molecule has 8 saturated carbocycles. The van der Waals surface area contributed by atoms with E-state index in [4.69, 9.17) is 57.0 Å². The topological polar surface area (TPSA) is 154 Å². The van der Waals surface area contributed by atoms with Crippen molar-refractivity contribution in [3.63, 3.8) is 0 Å². The standard InChI is InChI=1S/C23H25ClN4.C13H8Cl2N2.C10H18N2.CH4NP.CH4/c24-19-12-26-21(27-20(19)18-6-5-16-3-1-2-4-17(16)18)28-23-10-14-7-15(11-23)9-22(25,8-14)13-23;14-11-7-16-13(15)17-12(11)10-6-5-8-3-1-2-4-9(8)10;11-9-2-7-1-8(4-9)5-10(12,3-7)6-9;1-2-3;/h1-4,6,12,14-15H,5,7-11,13,25H2,(H,26,27,28);1-4,6-7H,5H2;7-8H,1-6,11-12H2;3H,1H3;1H4. The Morgan fingerprint density at radius 2 is 1.07 bits per heavy atom. The van der Waals surface area contributed by atoms with Crippen LogP contribution in [0.4, 0.5) is 5.95 Å². The number of hydrogen-bond donors (Lipinski definition) is 4. The molecule has 10 aliphatic carbocycles. The van der Waals surface area contributed by atoms with Crippen LogP contribution in [0.1, 0.15) is 118 Å². The van der Waals surface area contributed by atoms with Gasteiger partial charge in [0.2, 0.25) is 11.2 Å². The predicted octanol–water partition coefficient (Wildman–Crippen LogP) is 10.9. The second-order valence-corrected chi connectivity index (χ2v) is 20.9. The van der Waals surface area contributed by atoms with Gasteiger partial charge in [-0.05, 0) is 156 Å². The Kier molecular flexibility index (Phi) is 12.6. The number of nitrogens with one attached hydrogen (secondary N) is 1. The zero-order chi connectivity index (χ0) is 41.9. The summed E-state index contributed by atoms with van der Waals surface area (Å²) in [6, 6.07) is 16.7. The van der Waals surface area contributed by atoms with E-state index in [-0.39, 0.29) is 34.9 Å². The van der Waals surface area contributed by atoms with E-state index >= 15 is 0 Å². The van der Waals surface area contributed by atoms with Crippen molar-refractivity contribution in [1.29, 1.82) is 0 Å². The molecular weight excluding hydrogens is 840 g/mol. The molecule has 0 saturated heterocycles. The van der Waals surface area contributed by atoms with Crippen LogP contribution < -0.4 is 22.5 Å². The summed E-state index contributed by atoms with van der Waals surface area (Å²) in [7, 11) is 4.47. The van der Waals surface area contributed by atoms with Crippen molar-refractivity contribution < 1.29 is 0 Å². The first kappa shape index (κ1) is 44.3. The molecule has 10 aliphatic rings. The number of allylic oxidation sites excluding steroid dienone is 2. The predicted molar refractivity (Wildman–Crippen MR) is 253 cm³/mol. The minimum absolute atomic E-state index is 0. The molecule has 0 radical (unpaired) electrons. The van der Waals surface area contributed by atoms with Gasteiger partial charge < -0.3 is 22.5 Å². The van der Waals surface area contributed by atoms with Crippen molar-refractivity contribution in [2.75, 3.05) is 12.4 Å². The molecule has 2 aromatic heterocycles. The minimum Gasteiger partial charge on any atom is -0.349 e. The lowest BCUT2D eigenvalue weighted by atomic mass is 9.50. The molecule has 2 heterocycles. The Morgan fingerprint density at radius 1 is 0.639 bits per heavy atom. The summed E-state index contributed by atoms with van der Waals surface area (Å²) in [5.74, 6) is 3.91. The summed E-state index contributed by atoms with van der Waals surface area (Å²) in [6.07, 6.45) is 24.1. The maximum atomic E-state index is 6.76. The van der Waals surface area contributed by atoms with Gasteiger partial charge in [0.1, 0.15) is 0 Å². The zero-order valence-electron chi connectivity index (χ0n) is 34.2. The third kappa shape index (κ3) is 9.22. The van der Waals surface area contributed by atoms with Crippen molar-refractivity contribution in [2.45, 2.75) is 119 Å². The molecule has 322 valence electrons. The molecule has 8 fully saturated rings. The van der Waals surface area contributed by atoms with E-state index in [1.807, 2.05) is 12.1 Å². The molecule has 0 aliphatic heterocycles. The summed E-state index contributed by atoms with van der Waals surface area (Å²) >= 11 is 18.5. The van der Waals surface area contributed by atoms with Gasteiger partial charge in [0.25, 0.3) is 0 Å². The van der Waals surface area contributed by atoms with Crippen LogP contribution in [0.25, 0.3) is 11.1 Å². The zero-order valence-corrected chi connectivity index (χ0v) is 37.5. The highest BCUT2D eigenvalue weighted by Gasteiger charge is 2.57. The van der Waals surface area contributed by atoms with Gasteiger partial charge in [-0.2, -0.15) is 0 Å². The summed E-state index contributed by atoms with van der Waals surface area (Å²) in [6.45, 7) is 0. The highest BCUT2D eigenvalue weighted by Crippen LogP contribution is 2.58. The van der Waals surface area contributed by atoms with Gasteiger partial charge >= 0.3 is 0 Å². The molecule has 2 atom stereocenters. The van der Waals surface area contributed by atoms with Gasteiger partial charge in [0.15, 0.2) is 0 Å². The first-order valence-corrected chi connectivity index (χ1v) is 23.0. The second-order valence-electron chi connectivity index (χ2n) is 19.3. The molecule has 4 aromatic rings. The first-order valence-electron chi connectivity index (χ1n) is 21.4. The van der Waals surface area contributed by atoms with E-state index in [1.54, 1.807) is 13.2 Å². The average molecular weight is 899 g/mol. The monoisotopic (exact) mass is 897 g/mol. The first-order chi connectivity index (χ1) is 28.7. The Balaban J connectivity index is 0.000000132. The Morgan fingerprint density at radius 3 is 1.54 bits per heavy atom. The number of rotatable bonds is 4. The molecule has 13 heteroatoms. The van der Waals surface area contributed by atoms with Crippen LogP contribution in [0.15, 0.2) is 77.8 Å². The van der Waals surface area contributed by atoms with Crippen LogP contribution in [-0.4, -0.2) is 49.1 Å². The molecule has 0 amide bonds. The van der Waals surface area contributed by atoms with E-state index in [2.05, 4.69) is 82.6 Å². The number of anilines is 1. The lowest BCUT2D eigenvalue weighted by molar-refractivity contribution is -0.0173. The highest BCUT2D eigenvalue weighted by atomic mass is 35.5. The average Bonchev–Trinajstić information content (AvgIpc) is 3.80. The smallest absolute Gasteiger partial charge is 0.223 e. The minimum atomic E-state index is -0.000735. The normalized spacial score (nSPS) is 32.3. The Labute approximate surface area is 378 Å². The molecule has 2 unspecified atom stereocenters. The van der Waals surface area contributed by atoms with Crippen molar-refractivity contribution >= 4 is 60.9 Å². The van der Waals surface area contributed by atoms with Gasteiger partial charge in [-0.25, -0.2) is 19.9 Å². The van der Waals surface area contributed by atoms with Gasteiger partial charge in [0, 0.05) is 40.3 Å². The third-order valence-electron chi connectivity index (χ3n) is 14.3. The molecular formula is C48H59Cl3N9P. The fraction of sp³-hybridized carbons (Fsp3) is 0.500. The van der Waals surface area contributed by atoms with E-state index < -0.39 is 0 Å². The number of nitrogens with two attached hydrogens (primary N) is 3. The van der Waals surface area contributed by atoms with Crippen molar-refractivity contribution in [1.82, 2.24) is 19.9 Å². The fourth-order valence-electron chi connectivity index (χ4n) is 13.3. The number of halogens is 3. The van der Waals surface area contributed by atoms with E-state index in [0.717, 1.165) is 66.2 Å². The molecule has 14 rings (SSSR count). The maximum absolute atomic E-state index is 6.76. The summed E-state index contributed by atoms with van der Waals surface area (Å²) in [4.78, 5) is 17.5. The van der Waals surface area contributed by atoms with Gasteiger partial charge in [-0.1, -0.05) is 91.3 Å². The summed E-state index contributed by atoms with van der Waals surface area (Å²) < 4.78 is 3.31. The van der Waals surface area contributed by atoms with Crippen LogP contribution in [0.3, 0.4) is 0 Å². The Hall–Kier alpha value is -3.27. The van der Waals surface area contributed by atoms with Crippen molar-refractivity contribution in [3.05, 3.63) is 122 Å². The van der Waals surface area contributed by atoms with E-state index in [0.29, 0.717) is 21.7 Å². The Bertz CT molecular complexity index is 2320. The number of fused-ring (bicyclic) bond motifs is 2. The lowest BCUT2D eigenvalue weighted by Gasteiger charge is -2.61. The summed E-state index contributed by atoms with van der Waals surface area (Å²) in [5, 5.41) is 5.09. The number of hydrogen-bond acceptors (Lipinski definition) is 9. The van der Waals surface area contributed by atoms with Crippen LogP contribution in [0.2, 0.25) is 15.3 Å². The maximum Gasteiger partial charge on any atom is 0.223 e. The molecule has 0 spiro atoms. The molecule has 7 N–H and O–H groups in total. The number of nitrogens with zero attached hydrogens (tertiary/aromatic N) is 5. The van der Waals surface area contributed by atoms with Crippen LogP contribution in [-0.2, 0) is 12.8 Å². The van der Waals surface area contributed by atoms with Gasteiger partial charge in [-0.15, -0.1) is 0 Å². The largest absolute Gasteiger partial charge is 0.349 e. The fourth-order valence-corrected chi connectivity index (χ4v) is 13.8. The number of aromatic nitrogens is 4. The van der Waals surface area contributed by atoms with Crippen molar-refractivity contribution in [2.24, 2.45) is 45.6 Å². The van der Waals surface area contributed by atoms with Crippen LogP contribution >= 0.6 is 43.8 Å². The number of benzene rings is 2. The third-order valence-corrected chi connectivity index (χ3v) is 15.0. The van der Waals surface area contributed by atoms with E-state index in [9.17, 15) is 0 Å². The van der Waals surface area contributed by atoms with Crippen LogP contribution in [0, 0.1) is 23.7 Å². The van der Waals surface area contributed by atoms with Gasteiger partial charge in [0.05, 0.1) is 33.8 Å². The van der Waals surface area contributed by atoms with Crippen LogP contribution in [0.5, 0.6) is 0 Å². The molecule has 8 bridgehead atoms. The molecule has 9 nitrogen and oxygen atoms in total. The molecule has 2 aromatic carbocycles. The van der Waals surface area contributed by atoms with E-state index in [1.165, 1.54) is 92.7 Å². The van der Waals surface area contributed by atoms with Crippen molar-refractivity contribution in [3.8, 4) is 0 Å². The molecule has 61 heavy (non-hydrogen) atoms. The summed E-state index contributed by atoms with van der Waals surface area (Å²) in [5.41, 5.74) is 28.4.